The first-order chi connectivity index (χ1) is 8.59. The fourth-order valence-corrected chi connectivity index (χ4v) is 2.72. The van der Waals surface area contributed by atoms with Crippen molar-refractivity contribution in [2.24, 2.45) is 17.6 Å². The van der Waals surface area contributed by atoms with Crippen LogP contribution in [0, 0.1) is 17.7 Å². The van der Waals surface area contributed by atoms with E-state index < -0.39 is 5.97 Å². The summed E-state index contributed by atoms with van der Waals surface area (Å²) in [5.74, 6) is -1.08. The van der Waals surface area contributed by atoms with Crippen LogP contribution in [-0.4, -0.2) is 11.1 Å². The first-order valence-corrected chi connectivity index (χ1v) is 6.32. The van der Waals surface area contributed by atoms with Gasteiger partial charge in [-0.15, -0.1) is 0 Å². The Kier molecular flexibility index (Phi) is 3.97. The van der Waals surface area contributed by atoms with Crippen molar-refractivity contribution in [1.29, 1.82) is 0 Å². The van der Waals surface area contributed by atoms with Crippen molar-refractivity contribution < 1.29 is 14.3 Å². The Morgan fingerprint density at radius 1 is 1.28 bits per heavy atom. The maximum Gasteiger partial charge on any atom is 0.306 e. The molecule has 3 N–H and O–H groups in total. The molecule has 0 radical (unpaired) electrons. The van der Waals surface area contributed by atoms with E-state index in [1.165, 1.54) is 6.07 Å². The summed E-state index contributed by atoms with van der Waals surface area (Å²) in [4.78, 5) is 10.9. The van der Waals surface area contributed by atoms with E-state index in [0.29, 0.717) is 18.4 Å². The minimum atomic E-state index is -0.729. The Hall–Kier alpha value is -1.42. The van der Waals surface area contributed by atoms with Crippen LogP contribution >= 0.6 is 0 Å². The highest BCUT2D eigenvalue weighted by Crippen LogP contribution is 2.36. The molecule has 1 atom stereocenters. The number of aliphatic carboxylic acids is 1. The van der Waals surface area contributed by atoms with Gasteiger partial charge in [-0.1, -0.05) is 18.2 Å². The number of halogens is 1. The molecule has 0 bridgehead atoms. The van der Waals surface area contributed by atoms with E-state index in [9.17, 15) is 9.18 Å². The topological polar surface area (TPSA) is 63.3 Å². The molecule has 1 aliphatic rings. The van der Waals surface area contributed by atoms with E-state index in [0.717, 1.165) is 12.8 Å². The monoisotopic (exact) mass is 251 g/mol. The van der Waals surface area contributed by atoms with E-state index >= 15 is 0 Å². The number of carbonyl (C=O) groups is 1. The predicted molar refractivity (Wildman–Crippen MR) is 66.4 cm³/mol. The van der Waals surface area contributed by atoms with Gasteiger partial charge in [-0.3, -0.25) is 4.79 Å². The molecule has 0 spiro atoms. The third-order valence-corrected chi connectivity index (χ3v) is 3.89. The van der Waals surface area contributed by atoms with Gasteiger partial charge in [0.15, 0.2) is 0 Å². The van der Waals surface area contributed by atoms with Crippen molar-refractivity contribution >= 4 is 5.97 Å². The molecular formula is C14H18FNO2. The average molecular weight is 251 g/mol. The zero-order chi connectivity index (χ0) is 13.1. The molecule has 4 heteroatoms. The Morgan fingerprint density at radius 2 is 1.89 bits per heavy atom. The zero-order valence-electron chi connectivity index (χ0n) is 10.2. The summed E-state index contributed by atoms with van der Waals surface area (Å²) in [5.41, 5.74) is 6.64. The predicted octanol–water partition coefficient (Wildman–Crippen LogP) is 2.72. The van der Waals surface area contributed by atoms with Gasteiger partial charge in [0.2, 0.25) is 0 Å². The molecule has 0 saturated heterocycles. The first-order valence-electron chi connectivity index (χ1n) is 6.32. The van der Waals surface area contributed by atoms with Gasteiger partial charge in [-0.05, 0) is 37.7 Å². The normalized spacial score (nSPS) is 25.7. The molecule has 1 saturated carbocycles. The molecule has 0 amide bonds. The molecule has 1 fully saturated rings. The summed E-state index contributed by atoms with van der Waals surface area (Å²) in [6, 6.07) is 6.22. The van der Waals surface area contributed by atoms with Crippen molar-refractivity contribution in [3.05, 3.63) is 35.6 Å². The zero-order valence-corrected chi connectivity index (χ0v) is 10.2. The molecule has 3 nitrogen and oxygen atoms in total. The van der Waals surface area contributed by atoms with Crippen LogP contribution in [0.25, 0.3) is 0 Å². The summed E-state index contributed by atoms with van der Waals surface area (Å²) in [7, 11) is 0. The van der Waals surface area contributed by atoms with E-state index in [1.807, 2.05) is 0 Å². The van der Waals surface area contributed by atoms with Crippen LogP contribution < -0.4 is 5.73 Å². The van der Waals surface area contributed by atoms with Crippen LogP contribution in [0.5, 0.6) is 0 Å². The van der Waals surface area contributed by atoms with Gasteiger partial charge < -0.3 is 10.8 Å². The maximum absolute atomic E-state index is 13.6. The third-order valence-electron chi connectivity index (χ3n) is 3.89. The highest BCUT2D eigenvalue weighted by molar-refractivity contribution is 5.70. The fraction of sp³-hybridized carbons (Fsp3) is 0.500. The SMILES string of the molecule is NC(c1ccccc1F)C1CCC(C(=O)O)CC1. The average Bonchev–Trinajstić information content (AvgIpc) is 2.38. The van der Waals surface area contributed by atoms with Crippen LogP contribution in [0.1, 0.15) is 37.3 Å². The van der Waals surface area contributed by atoms with Gasteiger partial charge in [0.1, 0.15) is 5.82 Å². The summed E-state index contributed by atoms with van der Waals surface area (Å²) in [5, 5.41) is 8.93. The number of benzene rings is 1. The number of hydrogen-bond acceptors (Lipinski definition) is 2. The summed E-state index contributed by atoms with van der Waals surface area (Å²) < 4.78 is 13.6. The Balaban J connectivity index is 2.02. The molecule has 1 aromatic rings. The molecular weight excluding hydrogens is 233 g/mol. The molecule has 2 rings (SSSR count). The summed E-state index contributed by atoms with van der Waals surface area (Å²) in [6.07, 6.45) is 2.79. The third kappa shape index (κ3) is 2.70. The lowest BCUT2D eigenvalue weighted by Gasteiger charge is -2.30. The van der Waals surface area contributed by atoms with Crippen molar-refractivity contribution in [3.8, 4) is 0 Å². The van der Waals surface area contributed by atoms with Gasteiger partial charge in [0.25, 0.3) is 0 Å². The maximum atomic E-state index is 13.6. The van der Waals surface area contributed by atoms with Crippen LogP contribution in [0.3, 0.4) is 0 Å². The number of carboxylic acids is 1. The van der Waals surface area contributed by atoms with E-state index in [1.54, 1.807) is 18.2 Å². The van der Waals surface area contributed by atoms with Gasteiger partial charge in [-0.25, -0.2) is 4.39 Å². The fourth-order valence-electron chi connectivity index (χ4n) is 2.72. The van der Waals surface area contributed by atoms with E-state index in [2.05, 4.69) is 0 Å². The van der Waals surface area contributed by atoms with Crippen molar-refractivity contribution in [1.82, 2.24) is 0 Å². The minimum absolute atomic E-state index is 0.178. The van der Waals surface area contributed by atoms with Gasteiger partial charge in [0.05, 0.1) is 5.92 Å². The highest BCUT2D eigenvalue weighted by atomic mass is 19.1. The molecule has 98 valence electrons. The van der Waals surface area contributed by atoms with E-state index in [-0.39, 0.29) is 23.7 Å². The molecule has 0 heterocycles. The molecule has 1 aromatic carbocycles. The second-order valence-electron chi connectivity index (χ2n) is 5.00. The molecule has 1 unspecified atom stereocenters. The molecule has 18 heavy (non-hydrogen) atoms. The van der Waals surface area contributed by atoms with Crippen LogP contribution in [0.15, 0.2) is 24.3 Å². The first kappa shape index (κ1) is 13.0. The quantitative estimate of drug-likeness (QED) is 0.868. The highest BCUT2D eigenvalue weighted by Gasteiger charge is 2.30. The Labute approximate surface area is 106 Å². The van der Waals surface area contributed by atoms with Gasteiger partial charge in [-0.2, -0.15) is 0 Å². The van der Waals surface area contributed by atoms with Crippen LogP contribution in [0.4, 0.5) is 4.39 Å². The lowest BCUT2D eigenvalue weighted by molar-refractivity contribution is -0.143. The van der Waals surface area contributed by atoms with Crippen molar-refractivity contribution in [2.75, 3.05) is 0 Å². The second kappa shape index (κ2) is 5.48. The summed E-state index contributed by atoms with van der Waals surface area (Å²) >= 11 is 0. The largest absolute Gasteiger partial charge is 0.481 e. The molecule has 0 aliphatic heterocycles. The van der Waals surface area contributed by atoms with Crippen LogP contribution in [-0.2, 0) is 4.79 Å². The van der Waals surface area contributed by atoms with Crippen LogP contribution in [0.2, 0.25) is 0 Å². The number of hydrogen-bond donors (Lipinski definition) is 2. The van der Waals surface area contributed by atoms with Gasteiger partial charge in [0, 0.05) is 11.6 Å². The number of carboxylic acid groups (broad SMARTS) is 1. The Bertz CT molecular complexity index is 428. The molecule has 1 aliphatic carbocycles. The lowest BCUT2D eigenvalue weighted by Crippen LogP contribution is -2.29. The smallest absolute Gasteiger partial charge is 0.306 e. The minimum Gasteiger partial charge on any atom is -0.481 e. The van der Waals surface area contributed by atoms with E-state index in [4.69, 9.17) is 10.8 Å². The number of rotatable bonds is 3. The summed E-state index contributed by atoms with van der Waals surface area (Å²) in [6.45, 7) is 0. The van der Waals surface area contributed by atoms with Crippen molar-refractivity contribution in [3.63, 3.8) is 0 Å². The lowest BCUT2D eigenvalue weighted by atomic mass is 9.77. The van der Waals surface area contributed by atoms with Gasteiger partial charge >= 0.3 is 5.97 Å². The van der Waals surface area contributed by atoms with Crippen molar-refractivity contribution in [2.45, 2.75) is 31.7 Å². The Morgan fingerprint density at radius 3 is 2.44 bits per heavy atom. The standard InChI is InChI=1S/C14H18FNO2/c15-12-4-2-1-3-11(12)13(16)9-5-7-10(8-6-9)14(17)18/h1-4,9-10,13H,5-8,16H2,(H,17,18). The number of nitrogens with two attached hydrogens (primary N) is 1. The molecule has 0 aromatic heterocycles. The second-order valence-corrected chi connectivity index (χ2v) is 5.00.